The van der Waals surface area contributed by atoms with Crippen LogP contribution in [0.1, 0.15) is 57.9 Å². The molecule has 4 atom stereocenters. The molecular formula is C31H34BrNO4. The fourth-order valence-corrected chi connectivity index (χ4v) is 6.75. The largest absolute Gasteiger partial charge is 0.507 e. The van der Waals surface area contributed by atoms with Crippen molar-refractivity contribution in [2.24, 2.45) is 17.8 Å². The second-order valence-corrected chi connectivity index (χ2v) is 11.2. The summed E-state index contributed by atoms with van der Waals surface area (Å²) in [6, 6.07) is 14.8. The zero-order chi connectivity index (χ0) is 26.1. The molecule has 2 aliphatic heterocycles. The number of hydrogen-bond acceptors (Lipinski definition) is 4. The van der Waals surface area contributed by atoms with Gasteiger partial charge in [0.25, 0.3) is 0 Å². The molecule has 0 bridgehead atoms. The van der Waals surface area contributed by atoms with Gasteiger partial charge in [0.1, 0.15) is 5.75 Å². The SMILES string of the molecule is CCCC1=C2[C@@H](CC/C(=C/c3cc(Br)ccc3O)CC)OC[C@@H]2[C@@H]2C(=O)N(c3ccccc3)C(=O)[C@@H]2C1. The van der Waals surface area contributed by atoms with E-state index < -0.39 is 0 Å². The predicted octanol–water partition coefficient (Wildman–Crippen LogP) is 7.05. The molecule has 194 valence electrons. The highest BCUT2D eigenvalue weighted by atomic mass is 79.9. The predicted molar refractivity (Wildman–Crippen MR) is 149 cm³/mol. The zero-order valence-corrected chi connectivity index (χ0v) is 23.0. The Labute approximate surface area is 227 Å². The van der Waals surface area contributed by atoms with Crippen molar-refractivity contribution in [1.82, 2.24) is 0 Å². The van der Waals surface area contributed by atoms with E-state index in [-0.39, 0.29) is 41.4 Å². The van der Waals surface area contributed by atoms with Gasteiger partial charge in [-0.05, 0) is 68.0 Å². The summed E-state index contributed by atoms with van der Waals surface area (Å²) < 4.78 is 7.30. The van der Waals surface area contributed by atoms with Crippen LogP contribution in [0.3, 0.4) is 0 Å². The molecule has 2 aromatic carbocycles. The van der Waals surface area contributed by atoms with Gasteiger partial charge in [-0.15, -0.1) is 0 Å². The number of phenols is 1. The maximum atomic E-state index is 13.6. The van der Waals surface area contributed by atoms with Crippen molar-refractivity contribution < 1.29 is 19.4 Å². The van der Waals surface area contributed by atoms with Crippen LogP contribution in [-0.4, -0.2) is 29.6 Å². The number of carbonyl (C=O) groups excluding carboxylic acids is 2. The lowest BCUT2D eigenvalue weighted by Gasteiger charge is -2.32. The third-order valence-electron chi connectivity index (χ3n) is 8.11. The Balaban J connectivity index is 1.39. The van der Waals surface area contributed by atoms with Crippen molar-refractivity contribution in [2.45, 2.75) is 58.5 Å². The van der Waals surface area contributed by atoms with Gasteiger partial charge in [-0.2, -0.15) is 0 Å². The number of benzene rings is 2. The molecule has 2 amide bonds. The lowest BCUT2D eigenvalue weighted by Crippen LogP contribution is -2.34. The third kappa shape index (κ3) is 4.94. The van der Waals surface area contributed by atoms with Crippen LogP contribution in [0, 0.1) is 17.8 Å². The number of allylic oxidation sites excluding steroid dienone is 2. The number of amides is 2. The van der Waals surface area contributed by atoms with Crippen molar-refractivity contribution in [3.8, 4) is 5.75 Å². The number of carbonyl (C=O) groups is 2. The molecule has 1 N–H and O–H groups in total. The number of phenolic OH excluding ortho intramolecular Hbond substituents is 1. The number of rotatable bonds is 8. The molecule has 37 heavy (non-hydrogen) atoms. The number of anilines is 1. The van der Waals surface area contributed by atoms with E-state index in [1.807, 2.05) is 42.5 Å². The van der Waals surface area contributed by atoms with E-state index in [0.717, 1.165) is 42.1 Å². The Morgan fingerprint density at radius 2 is 1.89 bits per heavy atom. The van der Waals surface area contributed by atoms with Gasteiger partial charge in [-0.25, -0.2) is 0 Å². The summed E-state index contributed by atoms with van der Waals surface area (Å²) in [6.07, 6.45) is 7.18. The first-order valence-electron chi connectivity index (χ1n) is 13.4. The molecular weight excluding hydrogens is 530 g/mol. The molecule has 0 saturated carbocycles. The van der Waals surface area contributed by atoms with Crippen LogP contribution in [0.4, 0.5) is 5.69 Å². The van der Waals surface area contributed by atoms with Gasteiger partial charge in [0.15, 0.2) is 0 Å². The van der Waals surface area contributed by atoms with Gasteiger partial charge in [0, 0.05) is 16.0 Å². The van der Waals surface area contributed by atoms with Gasteiger partial charge in [0.05, 0.1) is 30.2 Å². The van der Waals surface area contributed by atoms with E-state index in [0.29, 0.717) is 18.7 Å². The Morgan fingerprint density at radius 3 is 2.62 bits per heavy atom. The minimum absolute atomic E-state index is 0.0290. The van der Waals surface area contributed by atoms with Crippen LogP contribution in [0.15, 0.2) is 69.7 Å². The van der Waals surface area contributed by atoms with Gasteiger partial charge in [-0.1, -0.05) is 71.6 Å². The van der Waals surface area contributed by atoms with Crippen molar-refractivity contribution in [1.29, 1.82) is 0 Å². The average molecular weight is 565 g/mol. The number of fused-ring (bicyclic) bond motifs is 3. The number of ether oxygens (including phenoxy) is 1. The quantitative estimate of drug-likeness (QED) is 0.276. The Hall–Kier alpha value is -2.70. The van der Waals surface area contributed by atoms with E-state index in [2.05, 4.69) is 35.9 Å². The van der Waals surface area contributed by atoms with E-state index in [1.165, 1.54) is 21.6 Å². The van der Waals surface area contributed by atoms with Gasteiger partial charge < -0.3 is 9.84 Å². The Bertz CT molecular complexity index is 1250. The van der Waals surface area contributed by atoms with Crippen LogP contribution in [0.2, 0.25) is 0 Å². The van der Waals surface area contributed by atoms with Crippen molar-refractivity contribution in [3.63, 3.8) is 0 Å². The van der Waals surface area contributed by atoms with Crippen molar-refractivity contribution in [3.05, 3.63) is 75.3 Å². The highest BCUT2D eigenvalue weighted by Crippen LogP contribution is 2.51. The molecule has 5 rings (SSSR count). The maximum absolute atomic E-state index is 13.6. The first-order chi connectivity index (χ1) is 17.9. The monoisotopic (exact) mass is 563 g/mol. The molecule has 2 saturated heterocycles. The van der Waals surface area contributed by atoms with Crippen LogP contribution in [0.5, 0.6) is 5.75 Å². The van der Waals surface area contributed by atoms with Crippen LogP contribution >= 0.6 is 15.9 Å². The fourth-order valence-electron chi connectivity index (χ4n) is 6.37. The first kappa shape index (κ1) is 25.9. The molecule has 0 aromatic heterocycles. The smallest absolute Gasteiger partial charge is 0.238 e. The molecule has 0 spiro atoms. The van der Waals surface area contributed by atoms with Gasteiger partial charge >= 0.3 is 0 Å². The van der Waals surface area contributed by atoms with Gasteiger partial charge in [-0.3, -0.25) is 14.5 Å². The minimum atomic E-state index is -0.340. The summed E-state index contributed by atoms with van der Waals surface area (Å²) in [6.45, 7) is 4.79. The zero-order valence-electron chi connectivity index (χ0n) is 21.5. The number of halogens is 1. The summed E-state index contributed by atoms with van der Waals surface area (Å²) >= 11 is 3.49. The molecule has 0 unspecified atom stereocenters. The molecule has 2 aromatic rings. The summed E-state index contributed by atoms with van der Waals surface area (Å²) in [5.41, 5.74) is 5.31. The average Bonchev–Trinajstić information content (AvgIpc) is 3.43. The number of imide groups is 1. The second-order valence-electron chi connectivity index (χ2n) is 10.3. The molecule has 3 aliphatic rings. The number of aromatic hydroxyl groups is 1. The van der Waals surface area contributed by atoms with Crippen LogP contribution < -0.4 is 4.90 Å². The highest BCUT2D eigenvalue weighted by Gasteiger charge is 2.57. The van der Waals surface area contributed by atoms with Crippen LogP contribution in [0.25, 0.3) is 6.08 Å². The normalized spacial score (nSPS) is 25.6. The van der Waals surface area contributed by atoms with Crippen molar-refractivity contribution in [2.75, 3.05) is 11.5 Å². The minimum Gasteiger partial charge on any atom is -0.507 e. The van der Waals surface area contributed by atoms with Crippen molar-refractivity contribution >= 4 is 39.5 Å². The van der Waals surface area contributed by atoms with E-state index in [4.69, 9.17) is 4.74 Å². The number of para-hydroxylation sites is 1. The van der Waals surface area contributed by atoms with Crippen LogP contribution in [-0.2, 0) is 14.3 Å². The molecule has 2 heterocycles. The highest BCUT2D eigenvalue weighted by molar-refractivity contribution is 9.10. The summed E-state index contributed by atoms with van der Waals surface area (Å²) in [4.78, 5) is 28.5. The van der Waals surface area contributed by atoms with E-state index in [1.54, 1.807) is 6.07 Å². The Morgan fingerprint density at radius 1 is 1.11 bits per heavy atom. The Kier molecular flexibility index (Phi) is 7.68. The lowest BCUT2D eigenvalue weighted by molar-refractivity contribution is -0.122. The lowest BCUT2D eigenvalue weighted by atomic mass is 9.68. The maximum Gasteiger partial charge on any atom is 0.238 e. The molecule has 6 heteroatoms. The second kappa shape index (κ2) is 11.0. The number of hydrogen-bond donors (Lipinski definition) is 1. The summed E-state index contributed by atoms with van der Waals surface area (Å²) in [5, 5.41) is 10.3. The van der Waals surface area contributed by atoms with Gasteiger partial charge in [0.2, 0.25) is 11.8 Å². The summed E-state index contributed by atoms with van der Waals surface area (Å²) in [5.74, 6) is -0.544. The molecule has 5 nitrogen and oxygen atoms in total. The molecule has 2 fully saturated rings. The fraction of sp³-hybridized carbons (Fsp3) is 0.419. The number of nitrogens with zero attached hydrogens (tertiary/aromatic N) is 1. The first-order valence-corrected chi connectivity index (χ1v) is 14.2. The molecule has 1 aliphatic carbocycles. The topological polar surface area (TPSA) is 66.8 Å². The molecule has 0 radical (unpaired) electrons. The van der Waals surface area contributed by atoms with E-state index >= 15 is 0 Å². The summed E-state index contributed by atoms with van der Waals surface area (Å²) in [7, 11) is 0. The standard InChI is InChI=1S/C31H34BrNO4/c1-3-8-20-17-24-29(31(36)33(30(24)35)23-9-6-5-7-10-23)25-18-37-27(28(20)25)14-11-19(4-2)15-21-16-22(32)12-13-26(21)34/h5-7,9-10,12-13,15-16,24-25,27,29,34H,3-4,8,11,14,17-18H2,1-2H3/b19-15+/t24-,25+,27-,29-/m1/s1. The van der Waals surface area contributed by atoms with E-state index in [9.17, 15) is 14.7 Å². The third-order valence-corrected chi connectivity index (χ3v) is 8.60.